The minimum atomic E-state index is -0.374. The van der Waals surface area contributed by atoms with Crippen LogP contribution in [0.25, 0.3) is 0 Å². The molecule has 26 heavy (non-hydrogen) atoms. The summed E-state index contributed by atoms with van der Waals surface area (Å²) in [5.74, 6) is 1.48. The lowest BCUT2D eigenvalue weighted by molar-refractivity contribution is 0.0601. The molecule has 0 amide bonds. The molecule has 2 aromatic carbocycles. The van der Waals surface area contributed by atoms with Crippen molar-refractivity contribution >= 4 is 40.6 Å². The Morgan fingerprint density at radius 3 is 2.31 bits per heavy atom. The van der Waals surface area contributed by atoms with Crippen molar-refractivity contribution in [2.75, 3.05) is 17.7 Å². The Balaban J connectivity index is 1.79. The molecule has 0 unspecified atom stereocenters. The summed E-state index contributed by atoms with van der Waals surface area (Å²) in [6.07, 6.45) is 0. The molecule has 0 fully saturated rings. The molecule has 0 spiro atoms. The number of hydrogen-bond acceptors (Lipinski definition) is 6. The zero-order chi connectivity index (χ0) is 18.5. The van der Waals surface area contributed by atoms with E-state index in [9.17, 15) is 4.79 Å². The Morgan fingerprint density at radius 2 is 1.65 bits per heavy atom. The predicted molar refractivity (Wildman–Crippen MR) is 103 cm³/mol. The number of halogens is 1. The molecule has 0 saturated heterocycles. The SMILES string of the molecule is COC(=O)c1ccc(Nc2cc(Nc3ccccc3Cl)nc(C)n2)cc1. The number of hydrogen-bond donors (Lipinski definition) is 2. The van der Waals surface area contributed by atoms with E-state index in [1.54, 1.807) is 36.4 Å². The van der Waals surface area contributed by atoms with Crippen LogP contribution in [-0.4, -0.2) is 23.0 Å². The van der Waals surface area contributed by atoms with Gasteiger partial charge in [-0.15, -0.1) is 0 Å². The first-order valence-corrected chi connectivity index (χ1v) is 8.25. The number of aryl methyl sites for hydroxylation is 1. The van der Waals surface area contributed by atoms with E-state index >= 15 is 0 Å². The zero-order valence-corrected chi connectivity index (χ0v) is 15.0. The zero-order valence-electron chi connectivity index (χ0n) is 14.3. The average molecular weight is 369 g/mol. The Morgan fingerprint density at radius 1 is 1.00 bits per heavy atom. The van der Waals surface area contributed by atoms with Gasteiger partial charge in [0.05, 0.1) is 23.4 Å². The van der Waals surface area contributed by atoms with E-state index in [0.29, 0.717) is 28.0 Å². The number of para-hydroxylation sites is 1. The Bertz CT molecular complexity index is 929. The van der Waals surface area contributed by atoms with Crippen molar-refractivity contribution in [3.63, 3.8) is 0 Å². The second-order valence-corrected chi connectivity index (χ2v) is 5.89. The third-order valence-electron chi connectivity index (χ3n) is 3.55. The number of carbonyl (C=O) groups is 1. The van der Waals surface area contributed by atoms with Gasteiger partial charge in [-0.2, -0.15) is 0 Å². The average Bonchev–Trinajstić information content (AvgIpc) is 2.63. The van der Waals surface area contributed by atoms with Crippen LogP contribution < -0.4 is 10.6 Å². The number of anilines is 4. The number of carbonyl (C=O) groups excluding carboxylic acids is 1. The van der Waals surface area contributed by atoms with Crippen molar-refractivity contribution in [1.29, 1.82) is 0 Å². The van der Waals surface area contributed by atoms with Crippen molar-refractivity contribution in [1.82, 2.24) is 9.97 Å². The number of ether oxygens (including phenoxy) is 1. The van der Waals surface area contributed by atoms with Crippen molar-refractivity contribution in [2.45, 2.75) is 6.92 Å². The van der Waals surface area contributed by atoms with Crippen LogP contribution in [0.4, 0.5) is 23.0 Å². The molecule has 2 N–H and O–H groups in total. The molecular weight excluding hydrogens is 352 g/mol. The van der Waals surface area contributed by atoms with Gasteiger partial charge in [0.1, 0.15) is 17.5 Å². The van der Waals surface area contributed by atoms with Crippen molar-refractivity contribution in [2.24, 2.45) is 0 Å². The molecule has 0 saturated carbocycles. The maximum atomic E-state index is 11.5. The Hall–Kier alpha value is -3.12. The van der Waals surface area contributed by atoms with Gasteiger partial charge in [0.15, 0.2) is 0 Å². The lowest BCUT2D eigenvalue weighted by Gasteiger charge is -2.11. The number of nitrogens with zero attached hydrogens (tertiary/aromatic N) is 2. The summed E-state index contributed by atoms with van der Waals surface area (Å²) in [6.45, 7) is 1.81. The fourth-order valence-corrected chi connectivity index (χ4v) is 2.53. The van der Waals surface area contributed by atoms with Crippen LogP contribution in [0, 0.1) is 6.92 Å². The van der Waals surface area contributed by atoms with E-state index < -0.39 is 0 Å². The molecule has 3 rings (SSSR count). The highest BCUT2D eigenvalue weighted by Gasteiger charge is 2.07. The van der Waals surface area contributed by atoms with Crippen molar-refractivity contribution < 1.29 is 9.53 Å². The molecule has 0 radical (unpaired) electrons. The Kier molecular flexibility index (Phi) is 5.34. The molecule has 0 aliphatic rings. The molecule has 0 bridgehead atoms. The topological polar surface area (TPSA) is 76.1 Å². The van der Waals surface area contributed by atoms with E-state index in [1.807, 2.05) is 25.1 Å². The molecule has 7 heteroatoms. The smallest absolute Gasteiger partial charge is 0.337 e. The first-order valence-electron chi connectivity index (χ1n) is 7.88. The molecule has 0 aliphatic heterocycles. The van der Waals surface area contributed by atoms with Crippen LogP contribution in [0.1, 0.15) is 16.2 Å². The van der Waals surface area contributed by atoms with Gasteiger partial charge in [0.25, 0.3) is 0 Å². The van der Waals surface area contributed by atoms with Gasteiger partial charge in [-0.3, -0.25) is 0 Å². The molecule has 0 atom stereocenters. The minimum Gasteiger partial charge on any atom is -0.465 e. The van der Waals surface area contributed by atoms with Crippen LogP contribution in [0.3, 0.4) is 0 Å². The summed E-state index contributed by atoms with van der Waals surface area (Å²) in [6, 6.07) is 16.2. The summed E-state index contributed by atoms with van der Waals surface area (Å²) >= 11 is 6.18. The summed E-state index contributed by atoms with van der Waals surface area (Å²) in [5.41, 5.74) is 2.04. The van der Waals surface area contributed by atoms with Gasteiger partial charge >= 0.3 is 5.97 Å². The second kappa shape index (κ2) is 7.84. The van der Waals surface area contributed by atoms with Gasteiger partial charge in [-0.05, 0) is 43.3 Å². The van der Waals surface area contributed by atoms with E-state index in [-0.39, 0.29) is 5.97 Å². The monoisotopic (exact) mass is 368 g/mol. The number of methoxy groups -OCH3 is 1. The number of rotatable bonds is 5. The highest BCUT2D eigenvalue weighted by molar-refractivity contribution is 6.33. The van der Waals surface area contributed by atoms with Crippen molar-refractivity contribution in [3.8, 4) is 0 Å². The van der Waals surface area contributed by atoms with E-state index in [1.165, 1.54) is 7.11 Å². The third kappa shape index (κ3) is 4.29. The van der Waals surface area contributed by atoms with Crippen molar-refractivity contribution in [3.05, 3.63) is 71.0 Å². The standard InChI is InChI=1S/C19H17ClN4O2/c1-12-21-17(23-14-9-7-13(8-10-14)19(25)26-2)11-18(22-12)24-16-6-4-3-5-15(16)20/h3-11H,1-2H3,(H2,21,22,23,24). The van der Waals surface area contributed by atoms with Gasteiger partial charge < -0.3 is 15.4 Å². The van der Waals surface area contributed by atoms with Crippen LogP contribution in [0.15, 0.2) is 54.6 Å². The number of aromatic nitrogens is 2. The molecular formula is C19H17ClN4O2. The minimum absolute atomic E-state index is 0.374. The quantitative estimate of drug-likeness (QED) is 0.635. The molecule has 6 nitrogen and oxygen atoms in total. The van der Waals surface area contributed by atoms with E-state index in [4.69, 9.17) is 16.3 Å². The van der Waals surface area contributed by atoms with Gasteiger partial charge in [-0.25, -0.2) is 14.8 Å². The first-order chi connectivity index (χ1) is 12.5. The maximum absolute atomic E-state index is 11.5. The van der Waals surface area contributed by atoms with Crippen LogP contribution in [0.5, 0.6) is 0 Å². The Labute approximate surface area is 156 Å². The first kappa shape index (κ1) is 17.7. The molecule has 1 aromatic heterocycles. The lowest BCUT2D eigenvalue weighted by Crippen LogP contribution is -2.03. The summed E-state index contributed by atoms with van der Waals surface area (Å²) in [4.78, 5) is 20.2. The van der Waals surface area contributed by atoms with E-state index in [0.717, 1.165) is 11.4 Å². The third-order valence-corrected chi connectivity index (χ3v) is 3.88. The number of esters is 1. The molecule has 1 heterocycles. The maximum Gasteiger partial charge on any atom is 0.337 e. The molecule has 3 aromatic rings. The van der Waals surface area contributed by atoms with Crippen LogP contribution in [0.2, 0.25) is 5.02 Å². The summed E-state index contributed by atoms with van der Waals surface area (Å²) in [5, 5.41) is 6.99. The van der Waals surface area contributed by atoms with Crippen LogP contribution >= 0.6 is 11.6 Å². The highest BCUT2D eigenvalue weighted by Crippen LogP contribution is 2.25. The van der Waals surface area contributed by atoms with Crippen LogP contribution in [-0.2, 0) is 4.74 Å². The second-order valence-electron chi connectivity index (χ2n) is 5.48. The summed E-state index contributed by atoms with van der Waals surface area (Å²) in [7, 11) is 1.35. The number of nitrogens with one attached hydrogen (secondary N) is 2. The normalized spacial score (nSPS) is 10.3. The largest absolute Gasteiger partial charge is 0.465 e. The van der Waals surface area contributed by atoms with E-state index in [2.05, 4.69) is 20.6 Å². The fourth-order valence-electron chi connectivity index (χ4n) is 2.35. The van der Waals surface area contributed by atoms with Gasteiger partial charge in [0, 0.05) is 11.8 Å². The molecule has 132 valence electrons. The van der Waals surface area contributed by atoms with Gasteiger partial charge in [-0.1, -0.05) is 23.7 Å². The number of benzene rings is 2. The highest BCUT2D eigenvalue weighted by atomic mass is 35.5. The molecule has 0 aliphatic carbocycles. The van der Waals surface area contributed by atoms with Gasteiger partial charge in [0.2, 0.25) is 0 Å². The lowest BCUT2D eigenvalue weighted by atomic mass is 10.2. The summed E-state index contributed by atoms with van der Waals surface area (Å²) < 4.78 is 4.69. The fraction of sp³-hybridized carbons (Fsp3) is 0.105. The predicted octanol–water partition coefficient (Wildman–Crippen LogP) is 4.71.